The predicted molar refractivity (Wildman–Crippen MR) is 67.5 cm³/mol. The molecular formula is C14H19NO3. The molecule has 18 heavy (non-hydrogen) atoms. The molecule has 1 fully saturated rings. The second-order valence-corrected chi connectivity index (χ2v) is 5.21. The van der Waals surface area contributed by atoms with Crippen LogP contribution in [0, 0.1) is 5.92 Å². The number of aliphatic hydroxyl groups excluding tert-OH is 1. The quantitative estimate of drug-likeness (QED) is 0.841. The number of ether oxygens (including phenoxy) is 2. The van der Waals surface area contributed by atoms with Crippen LogP contribution in [0.25, 0.3) is 0 Å². The van der Waals surface area contributed by atoms with Gasteiger partial charge < -0.3 is 20.3 Å². The minimum atomic E-state index is -0.134. The van der Waals surface area contributed by atoms with Crippen molar-refractivity contribution in [3.63, 3.8) is 0 Å². The summed E-state index contributed by atoms with van der Waals surface area (Å²) in [5.74, 6) is 2.04. The zero-order chi connectivity index (χ0) is 12.5. The maximum atomic E-state index is 9.53. The zero-order valence-corrected chi connectivity index (χ0v) is 10.3. The highest BCUT2D eigenvalue weighted by Gasteiger charge is 2.26. The molecular weight excluding hydrogens is 230 g/mol. The Bertz CT molecular complexity index is 427. The third kappa shape index (κ3) is 2.18. The first-order valence-electron chi connectivity index (χ1n) is 6.57. The van der Waals surface area contributed by atoms with Gasteiger partial charge in [0.15, 0.2) is 11.5 Å². The van der Waals surface area contributed by atoms with E-state index >= 15 is 0 Å². The normalized spacial score (nSPS) is 28.1. The molecule has 0 aromatic heterocycles. The van der Waals surface area contributed by atoms with Gasteiger partial charge in [0.25, 0.3) is 0 Å². The van der Waals surface area contributed by atoms with E-state index in [1.54, 1.807) is 0 Å². The summed E-state index contributed by atoms with van der Waals surface area (Å²) in [5, 5.41) is 9.53. The van der Waals surface area contributed by atoms with Crippen LogP contribution < -0.4 is 15.2 Å². The molecule has 1 saturated carbocycles. The Kier molecular flexibility index (Phi) is 3.14. The van der Waals surface area contributed by atoms with Crippen molar-refractivity contribution in [1.29, 1.82) is 0 Å². The molecule has 0 saturated heterocycles. The van der Waals surface area contributed by atoms with Gasteiger partial charge in [0, 0.05) is 6.04 Å². The highest BCUT2D eigenvalue weighted by atomic mass is 16.7. The molecule has 1 aliphatic carbocycles. The lowest BCUT2D eigenvalue weighted by Gasteiger charge is -2.30. The molecule has 3 N–H and O–H groups in total. The third-order valence-corrected chi connectivity index (χ3v) is 4.03. The molecule has 1 atom stereocenters. The smallest absolute Gasteiger partial charge is 0.231 e. The standard InChI is InChI=1S/C14H19NO3/c15-14(9-1-4-11(16)5-2-9)10-3-6-12-13(7-10)18-8-17-12/h3,6-7,9,11,14,16H,1-2,4-5,8,15H2. The van der Waals surface area contributed by atoms with Crippen LogP contribution in [0.1, 0.15) is 37.3 Å². The van der Waals surface area contributed by atoms with Gasteiger partial charge in [-0.15, -0.1) is 0 Å². The molecule has 1 unspecified atom stereocenters. The van der Waals surface area contributed by atoms with E-state index in [4.69, 9.17) is 15.2 Å². The first-order chi connectivity index (χ1) is 8.74. The highest BCUT2D eigenvalue weighted by Crippen LogP contribution is 2.38. The lowest BCUT2D eigenvalue weighted by molar-refractivity contribution is 0.102. The molecule has 2 aliphatic rings. The van der Waals surface area contributed by atoms with Crippen LogP contribution in [0.5, 0.6) is 11.5 Å². The fourth-order valence-electron chi connectivity index (χ4n) is 2.85. The Labute approximate surface area is 107 Å². The lowest BCUT2D eigenvalue weighted by Crippen LogP contribution is -2.27. The minimum absolute atomic E-state index is 0.0204. The fourth-order valence-corrected chi connectivity index (χ4v) is 2.85. The van der Waals surface area contributed by atoms with E-state index < -0.39 is 0 Å². The maximum absolute atomic E-state index is 9.53. The molecule has 1 aliphatic heterocycles. The summed E-state index contributed by atoms with van der Waals surface area (Å²) >= 11 is 0. The van der Waals surface area contributed by atoms with Crippen molar-refractivity contribution in [2.45, 2.75) is 37.8 Å². The monoisotopic (exact) mass is 249 g/mol. The first-order valence-corrected chi connectivity index (χ1v) is 6.57. The number of nitrogens with two attached hydrogens (primary N) is 1. The predicted octanol–water partition coefficient (Wildman–Crippen LogP) is 1.97. The van der Waals surface area contributed by atoms with E-state index in [0.717, 1.165) is 42.7 Å². The second kappa shape index (κ2) is 4.78. The van der Waals surface area contributed by atoms with Gasteiger partial charge in [-0.1, -0.05) is 6.07 Å². The van der Waals surface area contributed by atoms with Gasteiger partial charge in [-0.05, 0) is 49.3 Å². The van der Waals surface area contributed by atoms with Gasteiger partial charge in [-0.25, -0.2) is 0 Å². The Morgan fingerprint density at radius 1 is 1.11 bits per heavy atom. The summed E-state index contributed by atoms with van der Waals surface area (Å²) in [5.41, 5.74) is 7.43. The molecule has 3 rings (SSSR count). The van der Waals surface area contributed by atoms with Crippen molar-refractivity contribution in [3.05, 3.63) is 23.8 Å². The third-order valence-electron chi connectivity index (χ3n) is 4.03. The summed E-state index contributed by atoms with van der Waals surface area (Å²) in [6.45, 7) is 0.295. The van der Waals surface area contributed by atoms with Crippen LogP contribution in [0.4, 0.5) is 0 Å². The number of hydrogen-bond acceptors (Lipinski definition) is 4. The van der Waals surface area contributed by atoms with Gasteiger partial charge in [-0.2, -0.15) is 0 Å². The molecule has 1 aromatic rings. The van der Waals surface area contributed by atoms with Gasteiger partial charge >= 0.3 is 0 Å². The van der Waals surface area contributed by atoms with Crippen molar-refractivity contribution in [3.8, 4) is 11.5 Å². The van der Waals surface area contributed by atoms with Crippen LogP contribution in [0.3, 0.4) is 0 Å². The molecule has 1 heterocycles. The Hall–Kier alpha value is -1.26. The second-order valence-electron chi connectivity index (χ2n) is 5.21. The van der Waals surface area contributed by atoms with Gasteiger partial charge in [0.05, 0.1) is 6.10 Å². The number of aliphatic hydroxyl groups is 1. The summed E-state index contributed by atoms with van der Waals surface area (Å²) < 4.78 is 10.7. The fraction of sp³-hybridized carbons (Fsp3) is 0.571. The van der Waals surface area contributed by atoms with Gasteiger partial charge in [0.1, 0.15) is 0 Å². The van der Waals surface area contributed by atoms with Crippen molar-refractivity contribution < 1.29 is 14.6 Å². The molecule has 0 bridgehead atoms. The first kappa shape index (κ1) is 11.8. The van der Waals surface area contributed by atoms with Crippen LogP contribution in [-0.4, -0.2) is 18.0 Å². The SMILES string of the molecule is NC(c1ccc2c(c1)OCO2)C1CCC(O)CC1. The summed E-state index contributed by atoms with van der Waals surface area (Å²) in [6, 6.07) is 5.95. The topological polar surface area (TPSA) is 64.7 Å². The van der Waals surface area contributed by atoms with E-state index in [1.807, 2.05) is 18.2 Å². The maximum Gasteiger partial charge on any atom is 0.231 e. The Morgan fingerprint density at radius 2 is 1.83 bits per heavy atom. The summed E-state index contributed by atoms with van der Waals surface area (Å²) in [6.07, 6.45) is 3.59. The number of benzene rings is 1. The van der Waals surface area contributed by atoms with Crippen molar-refractivity contribution in [1.82, 2.24) is 0 Å². The lowest BCUT2D eigenvalue weighted by atomic mass is 9.80. The van der Waals surface area contributed by atoms with Crippen LogP contribution >= 0.6 is 0 Å². The van der Waals surface area contributed by atoms with E-state index in [0.29, 0.717) is 12.7 Å². The van der Waals surface area contributed by atoms with Crippen molar-refractivity contribution in [2.24, 2.45) is 11.7 Å². The van der Waals surface area contributed by atoms with Crippen LogP contribution in [0.15, 0.2) is 18.2 Å². The Morgan fingerprint density at radius 3 is 2.61 bits per heavy atom. The van der Waals surface area contributed by atoms with E-state index in [-0.39, 0.29) is 12.1 Å². The molecule has 1 aromatic carbocycles. The minimum Gasteiger partial charge on any atom is -0.454 e. The molecule has 0 radical (unpaired) electrons. The number of hydrogen-bond donors (Lipinski definition) is 2. The molecule has 98 valence electrons. The zero-order valence-electron chi connectivity index (χ0n) is 10.3. The van der Waals surface area contributed by atoms with Gasteiger partial charge in [-0.3, -0.25) is 0 Å². The largest absolute Gasteiger partial charge is 0.454 e. The van der Waals surface area contributed by atoms with E-state index in [2.05, 4.69) is 0 Å². The average Bonchev–Trinajstić information content (AvgIpc) is 2.86. The highest BCUT2D eigenvalue weighted by molar-refractivity contribution is 5.45. The molecule has 0 spiro atoms. The Balaban J connectivity index is 1.74. The number of rotatable bonds is 2. The van der Waals surface area contributed by atoms with E-state index in [9.17, 15) is 5.11 Å². The average molecular weight is 249 g/mol. The summed E-state index contributed by atoms with van der Waals surface area (Å²) in [4.78, 5) is 0. The van der Waals surface area contributed by atoms with Gasteiger partial charge in [0.2, 0.25) is 6.79 Å². The van der Waals surface area contributed by atoms with E-state index in [1.165, 1.54) is 0 Å². The molecule has 4 heteroatoms. The summed E-state index contributed by atoms with van der Waals surface area (Å²) in [7, 11) is 0. The number of fused-ring (bicyclic) bond motifs is 1. The molecule has 0 amide bonds. The molecule has 4 nitrogen and oxygen atoms in total. The van der Waals surface area contributed by atoms with Crippen LogP contribution in [0.2, 0.25) is 0 Å². The van der Waals surface area contributed by atoms with Crippen molar-refractivity contribution in [2.75, 3.05) is 6.79 Å². The van der Waals surface area contributed by atoms with Crippen LogP contribution in [-0.2, 0) is 0 Å². The van der Waals surface area contributed by atoms with Crippen molar-refractivity contribution >= 4 is 0 Å².